The van der Waals surface area contributed by atoms with E-state index in [1.807, 2.05) is 36.4 Å². The van der Waals surface area contributed by atoms with Crippen LogP contribution in [0.25, 0.3) is 10.8 Å². The molecule has 0 saturated carbocycles. The van der Waals surface area contributed by atoms with Crippen molar-refractivity contribution in [2.75, 3.05) is 6.54 Å². The molecule has 26 heavy (non-hydrogen) atoms. The normalized spacial score (nSPS) is 18.9. The number of hydrogen-bond acceptors (Lipinski definition) is 3. The Bertz CT molecular complexity index is 956. The molecule has 0 radical (unpaired) electrons. The average Bonchev–Trinajstić information content (AvgIpc) is 3.12. The highest BCUT2D eigenvalue weighted by Gasteiger charge is 2.34. The number of carbonyl (C=O) groups excluding carboxylic acids is 1. The lowest BCUT2D eigenvalue weighted by Crippen LogP contribution is -2.35. The molecular weight excluding hydrogens is 390 g/mol. The van der Waals surface area contributed by atoms with E-state index in [0.717, 1.165) is 52.0 Å². The number of phenolic OH excluding ortho intramolecular Hbond substituents is 1. The van der Waals surface area contributed by atoms with E-state index in [4.69, 9.17) is 0 Å². The number of nitrogens with zero attached hydrogens (tertiary/aromatic N) is 1. The van der Waals surface area contributed by atoms with E-state index in [9.17, 15) is 9.90 Å². The Kier molecular flexibility index (Phi) is 4.79. The van der Waals surface area contributed by atoms with Crippen molar-refractivity contribution in [3.05, 3.63) is 76.3 Å². The van der Waals surface area contributed by atoms with Crippen molar-refractivity contribution in [1.82, 2.24) is 4.90 Å². The fourth-order valence-electron chi connectivity index (χ4n) is 4.05. The molecule has 2 unspecified atom stereocenters. The molecule has 4 heteroatoms. The first-order valence-corrected chi connectivity index (χ1v) is 9.65. The van der Waals surface area contributed by atoms with Gasteiger partial charge in [0.25, 0.3) is 0 Å². The molecule has 1 N–H and O–H groups in total. The van der Waals surface area contributed by atoms with Crippen LogP contribution in [0.3, 0.4) is 0 Å². The minimum Gasteiger partial charge on any atom is -0.508 e. The molecule has 1 heterocycles. The average molecular weight is 410 g/mol. The summed E-state index contributed by atoms with van der Waals surface area (Å²) in [5, 5.41) is 12.9. The maximum Gasteiger partial charge on any atom is 0.137 e. The largest absolute Gasteiger partial charge is 0.508 e. The van der Waals surface area contributed by atoms with Gasteiger partial charge in [-0.1, -0.05) is 58.4 Å². The van der Waals surface area contributed by atoms with E-state index in [0.29, 0.717) is 0 Å². The first-order valence-electron chi connectivity index (χ1n) is 8.86. The summed E-state index contributed by atoms with van der Waals surface area (Å²) in [6.07, 6.45) is 2.89. The van der Waals surface area contributed by atoms with Gasteiger partial charge in [0.1, 0.15) is 12.0 Å². The van der Waals surface area contributed by atoms with E-state index in [1.165, 1.54) is 0 Å². The van der Waals surface area contributed by atoms with Crippen molar-refractivity contribution in [3.8, 4) is 5.75 Å². The first-order chi connectivity index (χ1) is 12.7. The molecule has 1 fully saturated rings. The Labute approximate surface area is 161 Å². The number of benzene rings is 3. The van der Waals surface area contributed by atoms with Gasteiger partial charge in [-0.3, -0.25) is 4.90 Å². The van der Waals surface area contributed by atoms with Crippen LogP contribution < -0.4 is 0 Å². The van der Waals surface area contributed by atoms with Crippen LogP contribution in [-0.2, 0) is 4.79 Å². The van der Waals surface area contributed by atoms with Gasteiger partial charge in [0.05, 0.1) is 12.1 Å². The predicted molar refractivity (Wildman–Crippen MR) is 107 cm³/mol. The fourth-order valence-corrected chi connectivity index (χ4v) is 4.47. The van der Waals surface area contributed by atoms with Gasteiger partial charge in [-0.2, -0.15) is 0 Å². The van der Waals surface area contributed by atoms with Gasteiger partial charge in [0.2, 0.25) is 0 Å². The molecule has 2 atom stereocenters. The third-order valence-corrected chi connectivity index (χ3v) is 5.71. The van der Waals surface area contributed by atoms with E-state index >= 15 is 0 Å². The maximum absolute atomic E-state index is 11.7. The molecule has 1 saturated heterocycles. The molecule has 1 aliphatic heterocycles. The van der Waals surface area contributed by atoms with Crippen LogP contribution in [0.4, 0.5) is 0 Å². The SMILES string of the molecule is O=CC1CCCN1C(c1cccc(Br)c1)c1c(O)ccc2ccccc12. The van der Waals surface area contributed by atoms with Gasteiger partial charge < -0.3 is 9.90 Å². The number of likely N-dealkylation sites (tertiary alicyclic amines) is 1. The zero-order chi connectivity index (χ0) is 18.1. The molecule has 0 amide bonds. The lowest BCUT2D eigenvalue weighted by Gasteiger charge is -2.33. The van der Waals surface area contributed by atoms with E-state index in [-0.39, 0.29) is 17.8 Å². The van der Waals surface area contributed by atoms with Crippen molar-refractivity contribution in [3.63, 3.8) is 0 Å². The maximum atomic E-state index is 11.7. The summed E-state index contributed by atoms with van der Waals surface area (Å²) >= 11 is 3.56. The van der Waals surface area contributed by atoms with Crippen LogP contribution in [-0.4, -0.2) is 28.9 Å². The van der Waals surface area contributed by atoms with Gasteiger partial charge in [-0.05, 0) is 53.9 Å². The van der Waals surface area contributed by atoms with Crippen LogP contribution in [0, 0.1) is 0 Å². The van der Waals surface area contributed by atoms with Gasteiger partial charge in [-0.15, -0.1) is 0 Å². The van der Waals surface area contributed by atoms with Crippen molar-refractivity contribution in [2.24, 2.45) is 0 Å². The third kappa shape index (κ3) is 3.04. The molecule has 0 aromatic heterocycles. The van der Waals surface area contributed by atoms with Crippen molar-refractivity contribution >= 4 is 33.0 Å². The number of hydrogen-bond donors (Lipinski definition) is 1. The topological polar surface area (TPSA) is 40.5 Å². The Balaban J connectivity index is 1.97. The summed E-state index contributed by atoms with van der Waals surface area (Å²) in [7, 11) is 0. The monoisotopic (exact) mass is 409 g/mol. The molecule has 0 spiro atoms. The highest BCUT2D eigenvalue weighted by Crippen LogP contribution is 2.42. The quantitative estimate of drug-likeness (QED) is 0.612. The van der Waals surface area contributed by atoms with E-state index in [2.05, 4.69) is 39.0 Å². The summed E-state index contributed by atoms with van der Waals surface area (Å²) in [6.45, 7) is 0.837. The van der Waals surface area contributed by atoms with Crippen LogP contribution in [0.5, 0.6) is 5.75 Å². The molecule has 4 rings (SSSR count). The molecule has 3 nitrogen and oxygen atoms in total. The highest BCUT2D eigenvalue weighted by molar-refractivity contribution is 9.10. The number of phenols is 1. The molecule has 3 aromatic carbocycles. The van der Waals surface area contributed by atoms with E-state index in [1.54, 1.807) is 6.07 Å². The fraction of sp³-hybridized carbons (Fsp3) is 0.227. The molecule has 1 aliphatic rings. The van der Waals surface area contributed by atoms with Gasteiger partial charge in [0, 0.05) is 10.0 Å². The number of halogens is 1. The second-order valence-corrected chi connectivity index (χ2v) is 7.68. The van der Waals surface area contributed by atoms with Crippen LogP contribution in [0.15, 0.2) is 65.1 Å². The Morgan fingerprint density at radius 2 is 1.96 bits per heavy atom. The second kappa shape index (κ2) is 7.22. The van der Waals surface area contributed by atoms with Crippen molar-refractivity contribution < 1.29 is 9.90 Å². The second-order valence-electron chi connectivity index (χ2n) is 6.76. The number of carbonyl (C=O) groups is 1. The molecule has 0 aliphatic carbocycles. The van der Waals surface area contributed by atoms with Crippen LogP contribution in [0.2, 0.25) is 0 Å². The Morgan fingerprint density at radius 3 is 2.77 bits per heavy atom. The number of rotatable bonds is 4. The van der Waals surface area contributed by atoms with Crippen LogP contribution in [0.1, 0.15) is 30.0 Å². The van der Waals surface area contributed by atoms with Crippen molar-refractivity contribution in [1.29, 1.82) is 0 Å². The van der Waals surface area contributed by atoms with Crippen molar-refractivity contribution in [2.45, 2.75) is 24.9 Å². The summed E-state index contributed by atoms with van der Waals surface area (Å²) in [5.74, 6) is 0.269. The Hall–Kier alpha value is -2.17. The minimum absolute atomic E-state index is 0.127. The smallest absolute Gasteiger partial charge is 0.137 e. The van der Waals surface area contributed by atoms with Gasteiger partial charge in [-0.25, -0.2) is 0 Å². The summed E-state index contributed by atoms with van der Waals surface area (Å²) in [5.41, 5.74) is 1.94. The molecule has 3 aromatic rings. The molecule has 132 valence electrons. The number of aldehydes is 1. The minimum atomic E-state index is -0.170. The summed E-state index contributed by atoms with van der Waals surface area (Å²) in [4.78, 5) is 13.9. The van der Waals surface area contributed by atoms with Gasteiger partial charge >= 0.3 is 0 Å². The number of fused-ring (bicyclic) bond motifs is 1. The zero-order valence-electron chi connectivity index (χ0n) is 14.3. The lowest BCUT2D eigenvalue weighted by atomic mass is 9.91. The standard InChI is InChI=1S/C22H20BrNO2/c23-17-7-3-6-16(13-17)22(24-12-4-8-18(24)14-25)21-19-9-2-1-5-15(19)10-11-20(21)26/h1-3,5-7,9-11,13-14,18,22,26H,4,8,12H2. The predicted octanol–water partition coefficient (Wildman–Crippen LogP) is 5.06. The lowest BCUT2D eigenvalue weighted by molar-refractivity contribution is -0.112. The summed E-state index contributed by atoms with van der Waals surface area (Å²) < 4.78 is 0.988. The third-order valence-electron chi connectivity index (χ3n) is 5.22. The van der Waals surface area contributed by atoms with Gasteiger partial charge in [0.15, 0.2) is 0 Å². The zero-order valence-corrected chi connectivity index (χ0v) is 15.9. The molecular formula is C22H20BrNO2. The summed E-state index contributed by atoms with van der Waals surface area (Å²) in [6, 6.07) is 19.6. The van der Waals surface area contributed by atoms with Crippen LogP contribution >= 0.6 is 15.9 Å². The highest BCUT2D eigenvalue weighted by atomic mass is 79.9. The number of aromatic hydroxyl groups is 1. The Morgan fingerprint density at radius 1 is 1.12 bits per heavy atom. The first kappa shape index (κ1) is 17.3. The van der Waals surface area contributed by atoms with E-state index < -0.39 is 0 Å². The molecule has 0 bridgehead atoms.